The lowest BCUT2D eigenvalue weighted by molar-refractivity contribution is 0.573. The summed E-state index contributed by atoms with van der Waals surface area (Å²) in [6.45, 7) is 0. The van der Waals surface area contributed by atoms with Crippen LogP contribution in [0.3, 0.4) is 0 Å². The summed E-state index contributed by atoms with van der Waals surface area (Å²) >= 11 is 9.17. The van der Waals surface area contributed by atoms with E-state index in [1.165, 1.54) is 0 Å². The highest BCUT2D eigenvalue weighted by atomic mass is 79.9. The second-order valence-electron chi connectivity index (χ2n) is 2.79. The smallest absolute Gasteiger partial charge is 0.226 e. The number of nitrogens with zero attached hydrogens (tertiary/aromatic N) is 1. The fraction of sp³-hybridized carbons (Fsp3) is 0.100. The molecule has 2 nitrogen and oxygen atoms in total. The van der Waals surface area contributed by atoms with Crippen molar-refractivity contribution < 1.29 is 4.42 Å². The predicted octanol–water partition coefficient (Wildman–Crippen LogP) is 3.89. The molecule has 0 bridgehead atoms. The van der Waals surface area contributed by atoms with Crippen LogP contribution in [0.25, 0.3) is 11.5 Å². The molecule has 2 aromatic rings. The lowest BCUT2D eigenvalue weighted by atomic mass is 10.2. The van der Waals surface area contributed by atoms with Gasteiger partial charge in [0.15, 0.2) is 0 Å². The molecule has 0 spiro atoms. The number of benzene rings is 1. The van der Waals surface area contributed by atoms with Gasteiger partial charge in [-0.05, 0) is 18.2 Å². The molecule has 0 fully saturated rings. The van der Waals surface area contributed by atoms with E-state index in [0.29, 0.717) is 16.2 Å². The first-order valence-corrected chi connectivity index (χ1v) is 5.56. The highest BCUT2D eigenvalue weighted by Gasteiger charge is 2.05. The molecule has 2 rings (SSSR count). The third-order valence-electron chi connectivity index (χ3n) is 1.76. The van der Waals surface area contributed by atoms with Gasteiger partial charge in [-0.25, -0.2) is 4.98 Å². The second-order valence-corrected chi connectivity index (χ2v) is 3.79. The lowest BCUT2D eigenvalue weighted by Crippen LogP contribution is -1.79. The molecular formula is C10H7BrClNO. The molecule has 0 unspecified atom stereocenters. The topological polar surface area (TPSA) is 26.0 Å². The Bertz CT molecular complexity index is 441. The molecule has 0 aliphatic rings. The molecule has 72 valence electrons. The van der Waals surface area contributed by atoms with Crippen LogP contribution in [0.1, 0.15) is 5.69 Å². The minimum atomic E-state index is 0.599. The Kier molecular flexibility index (Phi) is 2.89. The molecule has 0 radical (unpaired) electrons. The van der Waals surface area contributed by atoms with Crippen LogP contribution in [0.15, 0.2) is 34.9 Å². The van der Waals surface area contributed by atoms with Gasteiger partial charge < -0.3 is 4.42 Å². The molecule has 0 aliphatic carbocycles. The van der Waals surface area contributed by atoms with E-state index in [-0.39, 0.29) is 0 Å². The van der Waals surface area contributed by atoms with E-state index in [1.54, 1.807) is 6.26 Å². The van der Waals surface area contributed by atoms with E-state index in [9.17, 15) is 0 Å². The van der Waals surface area contributed by atoms with Crippen LogP contribution in [0, 0.1) is 0 Å². The first kappa shape index (κ1) is 9.74. The molecule has 0 saturated carbocycles. The Hall–Kier alpha value is -0.800. The molecule has 1 aromatic heterocycles. The van der Waals surface area contributed by atoms with Crippen LogP contribution in [0.4, 0.5) is 0 Å². The largest absolute Gasteiger partial charge is 0.444 e. The average Bonchev–Trinajstić information content (AvgIpc) is 2.66. The van der Waals surface area contributed by atoms with Crippen LogP contribution in [-0.2, 0) is 5.33 Å². The number of hydrogen-bond acceptors (Lipinski definition) is 2. The van der Waals surface area contributed by atoms with Crippen molar-refractivity contribution in [2.24, 2.45) is 0 Å². The first-order valence-electron chi connectivity index (χ1n) is 4.06. The van der Waals surface area contributed by atoms with Crippen molar-refractivity contribution in [3.63, 3.8) is 0 Å². The third kappa shape index (κ3) is 1.99. The Morgan fingerprint density at radius 1 is 1.43 bits per heavy atom. The average molecular weight is 273 g/mol. The fourth-order valence-corrected chi connectivity index (χ4v) is 1.57. The quantitative estimate of drug-likeness (QED) is 0.775. The minimum absolute atomic E-state index is 0.599. The van der Waals surface area contributed by atoms with E-state index in [0.717, 1.165) is 11.3 Å². The molecule has 0 saturated heterocycles. The number of oxazole rings is 1. The molecule has 1 aromatic carbocycles. The van der Waals surface area contributed by atoms with Crippen molar-refractivity contribution in [2.75, 3.05) is 0 Å². The number of hydrogen-bond donors (Lipinski definition) is 0. The lowest BCUT2D eigenvalue weighted by Gasteiger charge is -1.94. The van der Waals surface area contributed by atoms with E-state index in [4.69, 9.17) is 16.0 Å². The zero-order chi connectivity index (χ0) is 9.97. The summed E-state index contributed by atoms with van der Waals surface area (Å²) in [5.74, 6) is 0.599. The van der Waals surface area contributed by atoms with Crippen LogP contribution in [-0.4, -0.2) is 4.98 Å². The van der Waals surface area contributed by atoms with Gasteiger partial charge in [0.1, 0.15) is 6.26 Å². The maximum atomic E-state index is 5.86. The summed E-state index contributed by atoms with van der Waals surface area (Å²) in [4.78, 5) is 4.27. The Morgan fingerprint density at radius 3 is 2.93 bits per heavy atom. The predicted molar refractivity (Wildman–Crippen MR) is 59.6 cm³/mol. The van der Waals surface area contributed by atoms with Gasteiger partial charge >= 0.3 is 0 Å². The summed E-state index contributed by atoms with van der Waals surface area (Å²) < 4.78 is 5.30. The van der Waals surface area contributed by atoms with Gasteiger partial charge in [0, 0.05) is 15.9 Å². The van der Waals surface area contributed by atoms with E-state index in [2.05, 4.69) is 20.9 Å². The molecular weight excluding hydrogens is 265 g/mol. The Balaban J connectivity index is 2.39. The molecule has 0 amide bonds. The van der Waals surface area contributed by atoms with E-state index in [1.807, 2.05) is 24.3 Å². The van der Waals surface area contributed by atoms with Gasteiger partial charge in [-0.1, -0.05) is 33.6 Å². The van der Waals surface area contributed by atoms with Crippen molar-refractivity contribution in [1.82, 2.24) is 4.98 Å². The molecule has 0 aliphatic heterocycles. The van der Waals surface area contributed by atoms with Gasteiger partial charge in [-0.15, -0.1) is 0 Å². The van der Waals surface area contributed by atoms with E-state index < -0.39 is 0 Å². The number of aromatic nitrogens is 1. The Morgan fingerprint density at radius 2 is 2.29 bits per heavy atom. The summed E-state index contributed by atoms with van der Waals surface area (Å²) in [5, 5.41) is 1.37. The molecule has 0 N–H and O–H groups in total. The Labute approximate surface area is 95.0 Å². The highest BCUT2D eigenvalue weighted by Crippen LogP contribution is 2.22. The van der Waals surface area contributed by atoms with Crippen molar-refractivity contribution in [2.45, 2.75) is 5.33 Å². The SMILES string of the molecule is Clc1cccc(-c2nc(CBr)co2)c1. The van der Waals surface area contributed by atoms with Gasteiger partial charge in [0.2, 0.25) is 5.89 Å². The van der Waals surface area contributed by atoms with Crippen LogP contribution >= 0.6 is 27.5 Å². The zero-order valence-electron chi connectivity index (χ0n) is 7.21. The highest BCUT2D eigenvalue weighted by molar-refractivity contribution is 9.08. The van der Waals surface area contributed by atoms with Crippen molar-refractivity contribution >= 4 is 27.5 Å². The first-order chi connectivity index (χ1) is 6.79. The number of rotatable bonds is 2. The van der Waals surface area contributed by atoms with Crippen LogP contribution in [0.5, 0.6) is 0 Å². The summed E-state index contributed by atoms with van der Waals surface area (Å²) in [6.07, 6.45) is 1.63. The summed E-state index contributed by atoms with van der Waals surface area (Å²) in [5.41, 5.74) is 1.77. The van der Waals surface area contributed by atoms with Crippen LogP contribution < -0.4 is 0 Å². The molecule has 14 heavy (non-hydrogen) atoms. The monoisotopic (exact) mass is 271 g/mol. The van der Waals surface area contributed by atoms with Crippen molar-refractivity contribution in [3.05, 3.63) is 41.2 Å². The fourth-order valence-electron chi connectivity index (χ4n) is 1.12. The second kappa shape index (κ2) is 4.15. The standard InChI is InChI=1S/C10H7BrClNO/c11-5-9-6-14-10(13-9)7-2-1-3-8(12)4-7/h1-4,6H,5H2. The van der Waals surface area contributed by atoms with Crippen molar-refractivity contribution in [3.8, 4) is 11.5 Å². The van der Waals surface area contributed by atoms with E-state index >= 15 is 0 Å². The maximum absolute atomic E-state index is 5.86. The maximum Gasteiger partial charge on any atom is 0.226 e. The molecule has 1 heterocycles. The van der Waals surface area contributed by atoms with Gasteiger partial charge in [-0.3, -0.25) is 0 Å². The van der Waals surface area contributed by atoms with Gasteiger partial charge in [-0.2, -0.15) is 0 Å². The summed E-state index contributed by atoms with van der Waals surface area (Å²) in [7, 11) is 0. The minimum Gasteiger partial charge on any atom is -0.444 e. The molecule has 4 heteroatoms. The molecule has 0 atom stereocenters. The van der Waals surface area contributed by atoms with Gasteiger partial charge in [0.25, 0.3) is 0 Å². The number of alkyl halides is 1. The summed E-state index contributed by atoms with van der Waals surface area (Å²) in [6, 6.07) is 7.43. The normalized spacial score (nSPS) is 10.4. The van der Waals surface area contributed by atoms with Gasteiger partial charge in [0.05, 0.1) is 5.69 Å². The van der Waals surface area contributed by atoms with Crippen molar-refractivity contribution in [1.29, 1.82) is 0 Å². The zero-order valence-corrected chi connectivity index (χ0v) is 9.55. The van der Waals surface area contributed by atoms with Crippen LogP contribution in [0.2, 0.25) is 5.02 Å². The number of halogens is 2. The third-order valence-corrected chi connectivity index (χ3v) is 2.57.